The number of carbonyl (C=O) groups is 2. The lowest BCUT2D eigenvalue weighted by Crippen LogP contribution is -2.56. The van der Waals surface area contributed by atoms with Crippen LogP contribution in [0, 0.1) is 52.3 Å². The predicted octanol–water partition coefficient (Wildman–Crippen LogP) is 7.06. The molecule has 4 heteroatoms. The van der Waals surface area contributed by atoms with Crippen LogP contribution in [0.2, 0.25) is 0 Å². The van der Waals surface area contributed by atoms with E-state index in [1.165, 1.54) is 37.7 Å². The standard InChI is InChI=1S/C31H51NO3/c1-19(2)8-7-9-20(3)18-28(34)35-29(32)26-13-12-24-22-10-11-23-21(4)27(33)15-17-30(23,5)25(22)14-16-31(24,26)6/h8,20-26,29H,7,9-18,32H2,1-6H3/t20?,21?,22-,23-,24-,25-,26+,29?,30-,31-/m0/s1. The van der Waals surface area contributed by atoms with Gasteiger partial charge in [-0.15, -0.1) is 0 Å². The topological polar surface area (TPSA) is 69.4 Å². The first kappa shape index (κ1) is 26.9. The molecular formula is C31H51NO3. The summed E-state index contributed by atoms with van der Waals surface area (Å²) in [6.07, 6.45) is 13.2. The molecule has 0 aliphatic heterocycles. The summed E-state index contributed by atoms with van der Waals surface area (Å²) in [5, 5.41) is 0. The quantitative estimate of drug-likeness (QED) is 0.238. The zero-order valence-electron chi connectivity index (χ0n) is 23.3. The van der Waals surface area contributed by atoms with E-state index in [1.807, 2.05) is 0 Å². The molecule has 35 heavy (non-hydrogen) atoms. The lowest BCUT2D eigenvalue weighted by atomic mass is 9.43. The minimum absolute atomic E-state index is 0.128. The number of carbonyl (C=O) groups excluding carboxylic acids is 2. The Labute approximate surface area is 214 Å². The Bertz CT molecular complexity index is 831. The number of Topliss-reactive ketones (excluding diaryl/α,β-unsaturated/α-hetero) is 1. The molecule has 198 valence electrons. The van der Waals surface area contributed by atoms with Gasteiger partial charge in [-0.3, -0.25) is 15.3 Å². The highest BCUT2D eigenvalue weighted by atomic mass is 16.6. The Balaban J connectivity index is 1.38. The number of esters is 1. The molecule has 0 aromatic heterocycles. The minimum atomic E-state index is -0.488. The average molecular weight is 486 g/mol. The monoisotopic (exact) mass is 485 g/mol. The van der Waals surface area contributed by atoms with Crippen LogP contribution in [0.25, 0.3) is 0 Å². The Morgan fingerprint density at radius 2 is 1.74 bits per heavy atom. The van der Waals surface area contributed by atoms with Crippen LogP contribution in [0.15, 0.2) is 11.6 Å². The molecule has 0 aromatic rings. The second-order valence-electron chi connectivity index (χ2n) is 13.7. The zero-order valence-corrected chi connectivity index (χ0v) is 23.3. The first-order chi connectivity index (χ1) is 16.5. The molecule has 0 heterocycles. The van der Waals surface area contributed by atoms with Gasteiger partial charge in [-0.25, -0.2) is 0 Å². The van der Waals surface area contributed by atoms with Gasteiger partial charge >= 0.3 is 5.97 Å². The van der Waals surface area contributed by atoms with Gasteiger partial charge in [0, 0.05) is 24.7 Å². The van der Waals surface area contributed by atoms with Gasteiger partial charge in [0.1, 0.15) is 5.78 Å². The lowest BCUT2D eigenvalue weighted by molar-refractivity contribution is -0.162. The van der Waals surface area contributed by atoms with Crippen molar-refractivity contribution in [3.8, 4) is 0 Å². The van der Waals surface area contributed by atoms with Crippen molar-refractivity contribution in [2.45, 2.75) is 118 Å². The summed E-state index contributed by atoms with van der Waals surface area (Å²) < 4.78 is 5.90. The van der Waals surface area contributed by atoms with Crippen LogP contribution < -0.4 is 5.73 Å². The smallest absolute Gasteiger partial charge is 0.307 e. The molecule has 4 saturated carbocycles. The third kappa shape index (κ3) is 5.03. The summed E-state index contributed by atoms with van der Waals surface area (Å²) in [4.78, 5) is 25.2. The lowest BCUT2D eigenvalue weighted by Gasteiger charge is -2.61. The van der Waals surface area contributed by atoms with Crippen LogP contribution in [0.5, 0.6) is 0 Å². The van der Waals surface area contributed by atoms with Gasteiger partial charge in [0.2, 0.25) is 0 Å². The van der Waals surface area contributed by atoms with Gasteiger partial charge in [-0.05, 0) is 112 Å². The highest BCUT2D eigenvalue weighted by Crippen LogP contribution is 2.68. The Hall–Kier alpha value is -1.16. The molecule has 4 aliphatic carbocycles. The van der Waals surface area contributed by atoms with E-state index in [0.29, 0.717) is 35.4 Å². The van der Waals surface area contributed by atoms with Gasteiger partial charge in [-0.2, -0.15) is 0 Å². The van der Waals surface area contributed by atoms with E-state index in [-0.39, 0.29) is 23.2 Å². The van der Waals surface area contributed by atoms with Crippen molar-refractivity contribution in [1.29, 1.82) is 0 Å². The molecule has 0 spiro atoms. The van der Waals surface area contributed by atoms with Crippen molar-refractivity contribution in [1.82, 2.24) is 0 Å². The van der Waals surface area contributed by atoms with Crippen LogP contribution >= 0.6 is 0 Å². The van der Waals surface area contributed by atoms with Crippen molar-refractivity contribution in [3.05, 3.63) is 11.6 Å². The number of ether oxygens (including phenoxy) is 1. The van der Waals surface area contributed by atoms with Crippen molar-refractivity contribution in [3.63, 3.8) is 0 Å². The van der Waals surface area contributed by atoms with Gasteiger partial charge in [-0.1, -0.05) is 39.3 Å². The van der Waals surface area contributed by atoms with Gasteiger partial charge < -0.3 is 4.74 Å². The second-order valence-corrected chi connectivity index (χ2v) is 13.7. The first-order valence-electron chi connectivity index (χ1n) is 14.6. The maximum absolute atomic E-state index is 12.7. The van der Waals surface area contributed by atoms with E-state index >= 15 is 0 Å². The van der Waals surface area contributed by atoms with Crippen LogP contribution in [-0.2, 0) is 14.3 Å². The third-order valence-corrected chi connectivity index (χ3v) is 11.4. The van der Waals surface area contributed by atoms with E-state index < -0.39 is 6.23 Å². The molecule has 4 aliphatic rings. The van der Waals surface area contributed by atoms with E-state index in [4.69, 9.17) is 10.5 Å². The van der Waals surface area contributed by atoms with Crippen molar-refractivity contribution >= 4 is 11.8 Å². The predicted molar refractivity (Wildman–Crippen MR) is 141 cm³/mol. The molecule has 2 N–H and O–H groups in total. The molecule has 0 bridgehead atoms. The molecule has 3 unspecified atom stereocenters. The fraction of sp³-hybridized carbons (Fsp3) is 0.871. The van der Waals surface area contributed by atoms with E-state index in [1.54, 1.807) is 0 Å². The SMILES string of the molecule is CC(C)=CCCC(C)CC(=O)OC(N)[C@H]1CC[C@H]2[C@@H]3CC[C@H]4C(C)C(=O)CC[C@]4(C)[C@H]3CC[C@]12C. The Morgan fingerprint density at radius 3 is 2.46 bits per heavy atom. The summed E-state index contributed by atoms with van der Waals surface area (Å²) in [7, 11) is 0. The average Bonchev–Trinajstić information content (AvgIpc) is 3.13. The summed E-state index contributed by atoms with van der Waals surface area (Å²) >= 11 is 0. The van der Waals surface area contributed by atoms with Crippen LogP contribution in [0.4, 0.5) is 0 Å². The van der Waals surface area contributed by atoms with Gasteiger partial charge in [0.25, 0.3) is 0 Å². The number of fused-ring (bicyclic) bond motifs is 5. The van der Waals surface area contributed by atoms with Crippen molar-refractivity contribution < 1.29 is 14.3 Å². The van der Waals surface area contributed by atoms with Crippen LogP contribution in [0.3, 0.4) is 0 Å². The molecule has 0 saturated heterocycles. The fourth-order valence-corrected chi connectivity index (χ4v) is 9.43. The number of ketones is 1. The Kier molecular flexibility index (Phi) is 7.92. The summed E-state index contributed by atoms with van der Waals surface area (Å²) in [5.41, 5.74) is 8.43. The zero-order chi connectivity index (χ0) is 25.5. The largest absolute Gasteiger partial charge is 0.446 e. The molecule has 0 radical (unpaired) electrons. The molecule has 4 nitrogen and oxygen atoms in total. The number of allylic oxidation sites excluding steroid dienone is 2. The number of rotatable bonds is 7. The number of hydrogen-bond acceptors (Lipinski definition) is 4. The fourth-order valence-electron chi connectivity index (χ4n) is 9.43. The minimum Gasteiger partial charge on any atom is -0.446 e. The van der Waals surface area contributed by atoms with Gasteiger partial charge in [0.15, 0.2) is 6.23 Å². The van der Waals surface area contributed by atoms with E-state index in [9.17, 15) is 9.59 Å². The van der Waals surface area contributed by atoms with E-state index in [0.717, 1.165) is 43.9 Å². The Morgan fingerprint density at radius 1 is 1.06 bits per heavy atom. The summed E-state index contributed by atoms with van der Waals surface area (Å²) in [5.74, 6) is 3.87. The molecular weight excluding hydrogens is 434 g/mol. The maximum Gasteiger partial charge on any atom is 0.307 e. The molecule has 10 atom stereocenters. The first-order valence-corrected chi connectivity index (χ1v) is 14.6. The summed E-state index contributed by atoms with van der Waals surface area (Å²) in [6, 6.07) is 0. The molecule has 0 amide bonds. The maximum atomic E-state index is 12.7. The molecule has 4 rings (SSSR count). The molecule has 0 aromatic carbocycles. The second kappa shape index (κ2) is 10.3. The normalized spacial score (nSPS) is 42.3. The van der Waals surface area contributed by atoms with Crippen molar-refractivity contribution in [2.75, 3.05) is 0 Å². The highest BCUT2D eigenvalue weighted by molar-refractivity contribution is 5.82. The summed E-state index contributed by atoms with van der Waals surface area (Å²) in [6.45, 7) is 13.5. The van der Waals surface area contributed by atoms with Crippen LogP contribution in [0.1, 0.15) is 112 Å². The van der Waals surface area contributed by atoms with Gasteiger partial charge in [0.05, 0.1) is 0 Å². The van der Waals surface area contributed by atoms with Crippen LogP contribution in [-0.4, -0.2) is 18.0 Å². The highest BCUT2D eigenvalue weighted by Gasteiger charge is 2.62. The van der Waals surface area contributed by atoms with E-state index in [2.05, 4.69) is 47.6 Å². The number of hydrogen-bond donors (Lipinski definition) is 1. The third-order valence-electron chi connectivity index (χ3n) is 11.4. The van der Waals surface area contributed by atoms with Crippen molar-refractivity contribution in [2.24, 2.45) is 58.0 Å². The number of nitrogens with two attached hydrogens (primary N) is 1. The molecule has 4 fully saturated rings.